The summed E-state index contributed by atoms with van der Waals surface area (Å²) in [5, 5.41) is 5.02. The molecule has 0 atom stereocenters. The van der Waals surface area contributed by atoms with Crippen LogP contribution in [-0.4, -0.2) is 45.8 Å². The quantitative estimate of drug-likeness (QED) is 0.812. The summed E-state index contributed by atoms with van der Waals surface area (Å²) in [4.78, 5) is 8.95. The fourth-order valence-corrected chi connectivity index (χ4v) is 3.20. The first kappa shape index (κ1) is 15.3. The standard InChI is InChI=1S/C16H22ClN5/c1-3-22-13(2)14(11-19-22)12-20-7-9-21(10-8-20)15-5-4-6-18-16(15)17/h4-6,11H,3,7-10,12H2,1-2H3. The number of halogens is 1. The van der Waals surface area contributed by atoms with Gasteiger partial charge in [-0.25, -0.2) is 4.98 Å². The van der Waals surface area contributed by atoms with E-state index in [1.807, 2.05) is 18.3 Å². The highest BCUT2D eigenvalue weighted by molar-refractivity contribution is 6.32. The Hall–Kier alpha value is -1.59. The summed E-state index contributed by atoms with van der Waals surface area (Å²) in [5.41, 5.74) is 3.65. The molecule has 0 amide bonds. The molecule has 1 saturated heterocycles. The lowest BCUT2D eigenvalue weighted by atomic mass is 10.2. The van der Waals surface area contributed by atoms with E-state index >= 15 is 0 Å². The van der Waals surface area contributed by atoms with E-state index in [0.29, 0.717) is 5.15 Å². The maximum Gasteiger partial charge on any atom is 0.152 e. The zero-order valence-electron chi connectivity index (χ0n) is 13.2. The zero-order valence-corrected chi connectivity index (χ0v) is 13.9. The summed E-state index contributed by atoms with van der Waals surface area (Å²) >= 11 is 6.19. The molecule has 0 bridgehead atoms. The maximum atomic E-state index is 6.19. The molecule has 1 aliphatic rings. The lowest BCUT2D eigenvalue weighted by molar-refractivity contribution is 0.249. The van der Waals surface area contributed by atoms with Gasteiger partial charge in [0.25, 0.3) is 0 Å². The lowest BCUT2D eigenvalue weighted by Crippen LogP contribution is -2.46. The Morgan fingerprint density at radius 3 is 2.64 bits per heavy atom. The van der Waals surface area contributed by atoms with Crippen molar-refractivity contribution < 1.29 is 0 Å². The molecule has 0 saturated carbocycles. The van der Waals surface area contributed by atoms with Crippen molar-refractivity contribution in [2.75, 3.05) is 31.1 Å². The van der Waals surface area contributed by atoms with Crippen LogP contribution in [0.1, 0.15) is 18.2 Å². The van der Waals surface area contributed by atoms with Crippen molar-refractivity contribution in [1.82, 2.24) is 19.7 Å². The van der Waals surface area contributed by atoms with E-state index in [4.69, 9.17) is 11.6 Å². The fourth-order valence-electron chi connectivity index (χ4n) is 2.96. The van der Waals surface area contributed by atoms with Gasteiger partial charge in [0.2, 0.25) is 0 Å². The van der Waals surface area contributed by atoms with E-state index in [1.54, 1.807) is 6.20 Å². The molecular weight excluding hydrogens is 298 g/mol. The van der Waals surface area contributed by atoms with Gasteiger partial charge in [0.1, 0.15) is 0 Å². The second kappa shape index (κ2) is 6.67. The van der Waals surface area contributed by atoms with Crippen LogP contribution >= 0.6 is 11.6 Å². The van der Waals surface area contributed by atoms with E-state index < -0.39 is 0 Å². The minimum Gasteiger partial charge on any atom is -0.366 e. The molecule has 1 fully saturated rings. The predicted molar refractivity (Wildman–Crippen MR) is 89.4 cm³/mol. The van der Waals surface area contributed by atoms with Gasteiger partial charge in [0, 0.05) is 56.7 Å². The van der Waals surface area contributed by atoms with E-state index in [9.17, 15) is 0 Å². The van der Waals surface area contributed by atoms with Crippen LogP contribution in [0.25, 0.3) is 0 Å². The number of aromatic nitrogens is 3. The molecule has 6 heteroatoms. The van der Waals surface area contributed by atoms with Crippen molar-refractivity contribution in [2.24, 2.45) is 0 Å². The van der Waals surface area contributed by atoms with Crippen molar-refractivity contribution in [2.45, 2.75) is 26.9 Å². The molecule has 0 radical (unpaired) electrons. The molecule has 0 aliphatic carbocycles. The number of hydrogen-bond acceptors (Lipinski definition) is 4. The normalized spacial score (nSPS) is 16.2. The van der Waals surface area contributed by atoms with Crippen LogP contribution in [-0.2, 0) is 13.1 Å². The Kier molecular flexibility index (Phi) is 4.64. The molecule has 1 aliphatic heterocycles. The number of hydrogen-bond donors (Lipinski definition) is 0. The molecule has 22 heavy (non-hydrogen) atoms. The Morgan fingerprint density at radius 2 is 2.00 bits per heavy atom. The van der Waals surface area contributed by atoms with E-state index in [-0.39, 0.29) is 0 Å². The Labute approximate surface area is 136 Å². The first-order chi connectivity index (χ1) is 10.7. The highest BCUT2D eigenvalue weighted by atomic mass is 35.5. The highest BCUT2D eigenvalue weighted by Gasteiger charge is 2.20. The topological polar surface area (TPSA) is 37.2 Å². The fraction of sp³-hybridized carbons (Fsp3) is 0.500. The van der Waals surface area contributed by atoms with Crippen LogP contribution in [0.15, 0.2) is 24.5 Å². The summed E-state index contributed by atoms with van der Waals surface area (Å²) in [6.45, 7) is 10.2. The highest BCUT2D eigenvalue weighted by Crippen LogP contribution is 2.24. The van der Waals surface area contributed by atoms with Gasteiger partial charge in [-0.15, -0.1) is 0 Å². The summed E-state index contributed by atoms with van der Waals surface area (Å²) in [6, 6.07) is 3.98. The second-order valence-corrected chi connectivity index (χ2v) is 6.01. The van der Waals surface area contributed by atoms with Crippen molar-refractivity contribution in [1.29, 1.82) is 0 Å². The number of pyridine rings is 1. The van der Waals surface area contributed by atoms with Crippen LogP contribution in [0.2, 0.25) is 5.15 Å². The molecule has 3 heterocycles. The summed E-state index contributed by atoms with van der Waals surface area (Å²) < 4.78 is 2.06. The minimum atomic E-state index is 0.594. The predicted octanol–water partition coefficient (Wildman–Crippen LogP) is 2.58. The SMILES string of the molecule is CCn1ncc(CN2CCN(c3cccnc3Cl)CC2)c1C. The number of rotatable bonds is 4. The summed E-state index contributed by atoms with van der Waals surface area (Å²) in [6.07, 6.45) is 3.74. The molecule has 2 aromatic heterocycles. The molecule has 2 aromatic rings. The second-order valence-electron chi connectivity index (χ2n) is 5.65. The van der Waals surface area contributed by atoms with Gasteiger partial charge in [-0.2, -0.15) is 5.10 Å². The minimum absolute atomic E-state index is 0.594. The van der Waals surface area contributed by atoms with Crippen molar-refractivity contribution in [3.05, 3.63) is 40.9 Å². The van der Waals surface area contributed by atoms with Crippen LogP contribution in [0, 0.1) is 6.92 Å². The smallest absolute Gasteiger partial charge is 0.152 e. The molecule has 0 N–H and O–H groups in total. The molecule has 118 valence electrons. The number of nitrogens with zero attached hydrogens (tertiary/aromatic N) is 5. The van der Waals surface area contributed by atoms with Gasteiger partial charge in [0.15, 0.2) is 5.15 Å². The Balaban J connectivity index is 1.60. The van der Waals surface area contributed by atoms with E-state index in [0.717, 1.165) is 45.0 Å². The first-order valence-electron chi connectivity index (χ1n) is 7.78. The molecule has 3 rings (SSSR count). The van der Waals surface area contributed by atoms with Gasteiger partial charge in [-0.3, -0.25) is 9.58 Å². The van der Waals surface area contributed by atoms with Crippen molar-refractivity contribution >= 4 is 17.3 Å². The number of aryl methyl sites for hydroxylation is 1. The first-order valence-corrected chi connectivity index (χ1v) is 8.16. The Morgan fingerprint density at radius 1 is 1.23 bits per heavy atom. The third-order valence-corrected chi connectivity index (χ3v) is 4.64. The van der Waals surface area contributed by atoms with Gasteiger partial charge >= 0.3 is 0 Å². The third kappa shape index (κ3) is 3.10. The van der Waals surface area contributed by atoms with Gasteiger partial charge in [0.05, 0.1) is 11.9 Å². The van der Waals surface area contributed by atoms with Crippen molar-refractivity contribution in [3.63, 3.8) is 0 Å². The zero-order chi connectivity index (χ0) is 15.5. The van der Waals surface area contributed by atoms with Crippen LogP contribution in [0.5, 0.6) is 0 Å². The molecule has 0 unspecified atom stereocenters. The average Bonchev–Trinajstić information content (AvgIpc) is 2.89. The molecule has 5 nitrogen and oxygen atoms in total. The van der Waals surface area contributed by atoms with Crippen LogP contribution in [0.3, 0.4) is 0 Å². The maximum absolute atomic E-state index is 6.19. The van der Waals surface area contributed by atoms with Gasteiger partial charge in [-0.05, 0) is 26.0 Å². The largest absolute Gasteiger partial charge is 0.366 e. The van der Waals surface area contributed by atoms with Crippen LogP contribution in [0.4, 0.5) is 5.69 Å². The summed E-state index contributed by atoms with van der Waals surface area (Å²) in [5.74, 6) is 0. The van der Waals surface area contributed by atoms with Gasteiger partial charge < -0.3 is 4.90 Å². The van der Waals surface area contributed by atoms with E-state index in [1.165, 1.54) is 11.3 Å². The molecule has 0 spiro atoms. The number of anilines is 1. The average molecular weight is 320 g/mol. The van der Waals surface area contributed by atoms with Gasteiger partial charge in [-0.1, -0.05) is 11.6 Å². The molecular formula is C16H22ClN5. The monoisotopic (exact) mass is 319 g/mol. The lowest BCUT2D eigenvalue weighted by Gasteiger charge is -2.36. The van der Waals surface area contributed by atoms with Crippen molar-refractivity contribution in [3.8, 4) is 0 Å². The number of piperazine rings is 1. The third-order valence-electron chi connectivity index (χ3n) is 4.35. The summed E-state index contributed by atoms with van der Waals surface area (Å²) in [7, 11) is 0. The Bertz CT molecular complexity index is 631. The van der Waals surface area contributed by atoms with Crippen LogP contribution < -0.4 is 4.90 Å². The molecule has 0 aromatic carbocycles. The van der Waals surface area contributed by atoms with E-state index in [2.05, 4.69) is 38.4 Å².